The molecule has 0 spiro atoms. The molecule has 0 saturated carbocycles. The second-order valence-corrected chi connectivity index (χ2v) is 10.1. The van der Waals surface area contributed by atoms with Crippen LogP contribution in [0.1, 0.15) is 50.4 Å². The van der Waals surface area contributed by atoms with Crippen molar-refractivity contribution in [2.24, 2.45) is 0 Å². The SMILES string of the molecule is CC(C)c1ccc2nc(-c3[c-]cccc3)n3c2c1C=CC3(C)C.Cc1cccc(-c2[c-]cccc2)n1.[Ir]. The van der Waals surface area contributed by atoms with Crippen LogP contribution in [-0.4, -0.2) is 14.5 Å². The summed E-state index contributed by atoms with van der Waals surface area (Å²) in [6, 6.07) is 32.8. The number of pyridine rings is 1. The number of benzene rings is 3. The van der Waals surface area contributed by atoms with Gasteiger partial charge >= 0.3 is 0 Å². The molecular formula is C33H31IrN3-2. The Bertz CT molecular complexity index is 1530. The van der Waals surface area contributed by atoms with Gasteiger partial charge in [0.15, 0.2) is 0 Å². The van der Waals surface area contributed by atoms with Crippen LogP contribution < -0.4 is 0 Å². The first-order valence-electron chi connectivity index (χ1n) is 12.5. The molecule has 0 fully saturated rings. The first-order chi connectivity index (χ1) is 17.3. The number of aromatic nitrogens is 3. The number of imidazole rings is 1. The van der Waals surface area contributed by atoms with Gasteiger partial charge < -0.3 is 9.55 Å². The number of hydrogen-bond donors (Lipinski definition) is 0. The zero-order valence-corrected chi connectivity index (χ0v) is 24.3. The summed E-state index contributed by atoms with van der Waals surface area (Å²) < 4.78 is 2.37. The molecule has 3 aromatic carbocycles. The third kappa shape index (κ3) is 5.37. The van der Waals surface area contributed by atoms with Crippen LogP contribution in [0.25, 0.3) is 39.8 Å². The normalized spacial score (nSPS) is 13.1. The van der Waals surface area contributed by atoms with Crippen molar-refractivity contribution < 1.29 is 20.1 Å². The van der Waals surface area contributed by atoms with Crippen molar-refractivity contribution in [2.45, 2.75) is 46.1 Å². The van der Waals surface area contributed by atoms with Crippen LogP contribution in [-0.2, 0) is 25.6 Å². The van der Waals surface area contributed by atoms with E-state index in [0.29, 0.717) is 5.92 Å². The molecule has 5 aromatic rings. The molecule has 189 valence electrons. The van der Waals surface area contributed by atoms with E-state index >= 15 is 0 Å². The van der Waals surface area contributed by atoms with E-state index in [4.69, 9.17) is 4.98 Å². The molecule has 0 saturated heterocycles. The Kier molecular flexibility index (Phi) is 7.92. The summed E-state index contributed by atoms with van der Waals surface area (Å²) in [5.74, 6) is 1.49. The van der Waals surface area contributed by atoms with Crippen LogP contribution in [0.15, 0.2) is 84.9 Å². The van der Waals surface area contributed by atoms with E-state index in [0.717, 1.165) is 33.9 Å². The number of allylic oxidation sites excluding steroid dienone is 1. The van der Waals surface area contributed by atoms with Gasteiger partial charge in [0.2, 0.25) is 0 Å². The number of hydrogen-bond acceptors (Lipinski definition) is 2. The van der Waals surface area contributed by atoms with Crippen LogP contribution in [0.2, 0.25) is 0 Å². The van der Waals surface area contributed by atoms with Crippen molar-refractivity contribution in [3.8, 4) is 22.6 Å². The Balaban J connectivity index is 0.000000195. The minimum atomic E-state index is -0.101. The zero-order chi connectivity index (χ0) is 25.3. The van der Waals surface area contributed by atoms with Gasteiger partial charge in [-0.3, -0.25) is 4.98 Å². The minimum absolute atomic E-state index is 0. The number of rotatable bonds is 3. The monoisotopic (exact) mass is 662 g/mol. The third-order valence-corrected chi connectivity index (χ3v) is 6.57. The standard InChI is InChI=1S/C21H21N2.C12H10N.Ir/c1-14(2)16-10-11-18-19-17(16)12-13-21(3,4)23(19)20(22-18)15-8-6-5-7-9-15;1-10-6-5-9-12(13-10)11-7-3-2-4-8-11;/h5-8,10-14H,1-4H3;2-7,9H,1H3;/q2*-1;. The maximum Gasteiger partial charge on any atom is 0.0777 e. The van der Waals surface area contributed by atoms with Crippen LogP contribution in [0.4, 0.5) is 0 Å². The van der Waals surface area contributed by atoms with Crippen LogP contribution >= 0.6 is 0 Å². The van der Waals surface area contributed by atoms with E-state index in [1.54, 1.807) is 0 Å². The van der Waals surface area contributed by atoms with Gasteiger partial charge in [-0.2, -0.15) is 0 Å². The van der Waals surface area contributed by atoms with E-state index in [1.165, 1.54) is 16.6 Å². The molecule has 0 bridgehead atoms. The second-order valence-electron chi connectivity index (χ2n) is 10.1. The number of aryl methyl sites for hydroxylation is 1. The molecule has 0 unspecified atom stereocenters. The second kappa shape index (κ2) is 11.0. The topological polar surface area (TPSA) is 30.7 Å². The molecule has 3 heterocycles. The minimum Gasteiger partial charge on any atom is -0.355 e. The fourth-order valence-corrected chi connectivity index (χ4v) is 4.77. The summed E-state index contributed by atoms with van der Waals surface area (Å²) in [4.78, 5) is 9.35. The number of nitrogens with zero attached hydrogens (tertiary/aromatic N) is 3. The zero-order valence-electron chi connectivity index (χ0n) is 21.9. The Morgan fingerprint density at radius 2 is 1.51 bits per heavy atom. The van der Waals surface area contributed by atoms with E-state index < -0.39 is 0 Å². The molecule has 1 aliphatic rings. The molecule has 4 heteroatoms. The first-order valence-corrected chi connectivity index (χ1v) is 12.5. The van der Waals surface area contributed by atoms with E-state index in [-0.39, 0.29) is 25.6 Å². The quantitative estimate of drug-likeness (QED) is 0.183. The third-order valence-electron chi connectivity index (χ3n) is 6.57. The summed E-state index contributed by atoms with van der Waals surface area (Å²) in [7, 11) is 0. The van der Waals surface area contributed by atoms with Gasteiger partial charge in [0, 0.05) is 31.4 Å². The maximum absolute atomic E-state index is 4.94. The van der Waals surface area contributed by atoms with E-state index in [1.807, 2.05) is 67.6 Å². The average Bonchev–Trinajstić information content (AvgIpc) is 3.30. The molecule has 3 nitrogen and oxygen atoms in total. The smallest absolute Gasteiger partial charge is 0.0777 e. The summed E-state index contributed by atoms with van der Waals surface area (Å²) in [5, 5.41) is 0. The Morgan fingerprint density at radius 1 is 0.811 bits per heavy atom. The molecule has 6 rings (SSSR count). The molecule has 37 heavy (non-hydrogen) atoms. The summed E-state index contributed by atoms with van der Waals surface area (Å²) >= 11 is 0. The molecule has 0 amide bonds. The van der Waals surface area contributed by atoms with Gasteiger partial charge in [-0.05, 0) is 50.1 Å². The van der Waals surface area contributed by atoms with Gasteiger partial charge in [0.1, 0.15) is 0 Å². The van der Waals surface area contributed by atoms with E-state index in [2.05, 4.69) is 79.7 Å². The predicted molar refractivity (Wildman–Crippen MR) is 150 cm³/mol. The fraction of sp³-hybridized carbons (Fsp3) is 0.212. The molecular weight excluding hydrogens is 631 g/mol. The Hall–Kier alpha value is -3.33. The average molecular weight is 662 g/mol. The van der Waals surface area contributed by atoms with Crippen molar-refractivity contribution in [3.63, 3.8) is 0 Å². The molecule has 2 aromatic heterocycles. The maximum atomic E-state index is 4.94. The van der Waals surface area contributed by atoms with Crippen molar-refractivity contribution in [1.82, 2.24) is 14.5 Å². The van der Waals surface area contributed by atoms with Gasteiger partial charge in [-0.25, -0.2) is 0 Å². The van der Waals surface area contributed by atoms with Gasteiger partial charge in [0.25, 0.3) is 0 Å². The van der Waals surface area contributed by atoms with Crippen molar-refractivity contribution in [1.29, 1.82) is 0 Å². The van der Waals surface area contributed by atoms with Crippen molar-refractivity contribution >= 4 is 17.1 Å². The molecule has 0 aliphatic carbocycles. The summed E-state index contributed by atoms with van der Waals surface area (Å²) in [6.07, 6.45) is 4.56. The van der Waals surface area contributed by atoms with Crippen molar-refractivity contribution in [2.75, 3.05) is 0 Å². The summed E-state index contributed by atoms with van der Waals surface area (Å²) in [5.41, 5.74) is 9.02. The van der Waals surface area contributed by atoms with E-state index in [9.17, 15) is 0 Å². The Labute approximate surface area is 233 Å². The fourth-order valence-electron chi connectivity index (χ4n) is 4.77. The van der Waals surface area contributed by atoms with Gasteiger partial charge in [-0.15, -0.1) is 71.8 Å². The largest absolute Gasteiger partial charge is 0.355 e. The molecule has 1 radical (unpaired) electrons. The van der Waals surface area contributed by atoms with Crippen LogP contribution in [0.5, 0.6) is 0 Å². The predicted octanol–water partition coefficient (Wildman–Crippen LogP) is 8.24. The summed E-state index contributed by atoms with van der Waals surface area (Å²) in [6.45, 7) is 11.0. The Morgan fingerprint density at radius 3 is 2.14 bits per heavy atom. The van der Waals surface area contributed by atoms with Crippen LogP contribution in [0.3, 0.4) is 0 Å². The molecule has 0 N–H and O–H groups in total. The molecule has 1 aliphatic heterocycles. The van der Waals surface area contributed by atoms with Crippen LogP contribution in [0, 0.1) is 19.1 Å². The molecule has 0 atom stereocenters. The van der Waals surface area contributed by atoms with Crippen molar-refractivity contribution in [3.05, 3.63) is 114 Å². The van der Waals surface area contributed by atoms with Gasteiger partial charge in [-0.1, -0.05) is 44.2 Å². The van der Waals surface area contributed by atoms with Gasteiger partial charge in [0.05, 0.1) is 22.4 Å². The first kappa shape index (κ1) is 26.7.